The molecule has 160 valence electrons. The van der Waals surface area contributed by atoms with Crippen LogP contribution in [0.15, 0.2) is 53.9 Å². The molecule has 0 unspecified atom stereocenters. The second kappa shape index (κ2) is 9.49. The number of rotatable bonds is 6. The Morgan fingerprint density at radius 2 is 1.61 bits per heavy atom. The average molecular weight is 456 g/mol. The molecule has 0 aliphatic carbocycles. The quantitative estimate of drug-likeness (QED) is 0.524. The van der Waals surface area contributed by atoms with Gasteiger partial charge in [0.2, 0.25) is 0 Å². The SMILES string of the molecule is Cc1csc(N2CCN(C(=O)COc3ccc(C(=O)c4ccc(Cl)cc4)cc3)CC2)n1. The number of halogens is 1. The Morgan fingerprint density at radius 1 is 1.00 bits per heavy atom. The monoisotopic (exact) mass is 455 g/mol. The number of carbonyl (C=O) groups excluding carboxylic acids is 2. The molecule has 1 fully saturated rings. The highest BCUT2D eigenvalue weighted by molar-refractivity contribution is 7.13. The molecule has 1 saturated heterocycles. The number of anilines is 1. The molecular formula is C23H22ClN3O3S. The van der Waals surface area contributed by atoms with Crippen molar-refractivity contribution in [3.63, 3.8) is 0 Å². The largest absolute Gasteiger partial charge is 0.484 e. The number of aryl methyl sites for hydroxylation is 1. The summed E-state index contributed by atoms with van der Waals surface area (Å²) in [7, 11) is 0. The van der Waals surface area contributed by atoms with E-state index in [-0.39, 0.29) is 18.3 Å². The number of carbonyl (C=O) groups is 2. The summed E-state index contributed by atoms with van der Waals surface area (Å²) in [5.74, 6) is 0.418. The van der Waals surface area contributed by atoms with E-state index in [1.807, 2.05) is 17.2 Å². The summed E-state index contributed by atoms with van der Waals surface area (Å²) in [5.41, 5.74) is 2.14. The Kier molecular flexibility index (Phi) is 6.53. The Hall–Kier alpha value is -2.90. The number of hydrogen-bond donors (Lipinski definition) is 0. The molecule has 1 aliphatic rings. The summed E-state index contributed by atoms with van der Waals surface area (Å²) in [6.07, 6.45) is 0. The molecule has 0 N–H and O–H groups in total. The minimum absolute atomic E-state index is 0.0269. The van der Waals surface area contributed by atoms with Crippen LogP contribution >= 0.6 is 22.9 Å². The summed E-state index contributed by atoms with van der Waals surface area (Å²) in [6.45, 7) is 4.78. The van der Waals surface area contributed by atoms with Crippen LogP contribution in [0.1, 0.15) is 21.6 Å². The van der Waals surface area contributed by atoms with Crippen LogP contribution in [0.4, 0.5) is 5.13 Å². The van der Waals surface area contributed by atoms with Crippen LogP contribution in [-0.2, 0) is 4.79 Å². The molecule has 1 amide bonds. The number of thiazole rings is 1. The molecule has 1 aliphatic heterocycles. The van der Waals surface area contributed by atoms with Crippen molar-refractivity contribution in [2.75, 3.05) is 37.7 Å². The van der Waals surface area contributed by atoms with Gasteiger partial charge in [-0.05, 0) is 55.5 Å². The van der Waals surface area contributed by atoms with Crippen molar-refractivity contribution in [3.8, 4) is 5.75 Å². The average Bonchev–Trinajstić information content (AvgIpc) is 3.24. The zero-order valence-electron chi connectivity index (χ0n) is 17.1. The predicted molar refractivity (Wildman–Crippen MR) is 122 cm³/mol. The van der Waals surface area contributed by atoms with Crippen LogP contribution in [0.25, 0.3) is 0 Å². The molecule has 0 bridgehead atoms. The van der Waals surface area contributed by atoms with Crippen molar-refractivity contribution < 1.29 is 14.3 Å². The van der Waals surface area contributed by atoms with Crippen LogP contribution in [0.5, 0.6) is 5.75 Å². The van der Waals surface area contributed by atoms with E-state index >= 15 is 0 Å². The van der Waals surface area contributed by atoms with E-state index in [1.165, 1.54) is 0 Å². The third-order valence-corrected chi connectivity index (χ3v) is 6.37. The first-order valence-corrected chi connectivity index (χ1v) is 11.2. The third-order valence-electron chi connectivity index (χ3n) is 5.10. The molecule has 0 atom stereocenters. The number of ether oxygens (including phenoxy) is 1. The van der Waals surface area contributed by atoms with E-state index in [0.717, 1.165) is 23.9 Å². The summed E-state index contributed by atoms with van der Waals surface area (Å²) in [5, 5.41) is 3.63. The number of amides is 1. The van der Waals surface area contributed by atoms with Gasteiger partial charge in [0.05, 0.1) is 5.69 Å². The second-order valence-corrected chi connectivity index (χ2v) is 8.56. The number of piperazine rings is 1. The maximum Gasteiger partial charge on any atom is 0.260 e. The van der Waals surface area contributed by atoms with Gasteiger partial charge >= 0.3 is 0 Å². The number of hydrogen-bond acceptors (Lipinski definition) is 6. The molecular weight excluding hydrogens is 434 g/mol. The van der Waals surface area contributed by atoms with Crippen molar-refractivity contribution in [2.45, 2.75) is 6.92 Å². The van der Waals surface area contributed by atoms with Crippen molar-refractivity contribution in [1.82, 2.24) is 9.88 Å². The fourth-order valence-electron chi connectivity index (χ4n) is 3.34. The molecule has 0 spiro atoms. The zero-order valence-corrected chi connectivity index (χ0v) is 18.7. The molecule has 0 saturated carbocycles. The Morgan fingerprint density at radius 3 is 2.19 bits per heavy atom. The lowest BCUT2D eigenvalue weighted by Crippen LogP contribution is -2.50. The maximum absolute atomic E-state index is 12.5. The highest BCUT2D eigenvalue weighted by Gasteiger charge is 2.23. The van der Waals surface area contributed by atoms with Crippen molar-refractivity contribution in [2.24, 2.45) is 0 Å². The van der Waals surface area contributed by atoms with Gasteiger partial charge in [-0.3, -0.25) is 9.59 Å². The van der Waals surface area contributed by atoms with Crippen LogP contribution in [0.2, 0.25) is 5.02 Å². The highest BCUT2D eigenvalue weighted by atomic mass is 35.5. The number of ketones is 1. The van der Waals surface area contributed by atoms with E-state index in [1.54, 1.807) is 59.9 Å². The van der Waals surface area contributed by atoms with Crippen molar-refractivity contribution in [1.29, 1.82) is 0 Å². The molecule has 8 heteroatoms. The van der Waals surface area contributed by atoms with Gasteiger partial charge in [-0.15, -0.1) is 11.3 Å². The van der Waals surface area contributed by atoms with Gasteiger partial charge in [0.25, 0.3) is 5.91 Å². The van der Waals surface area contributed by atoms with E-state index in [4.69, 9.17) is 16.3 Å². The molecule has 31 heavy (non-hydrogen) atoms. The molecule has 3 aromatic rings. The topological polar surface area (TPSA) is 62.7 Å². The van der Waals surface area contributed by atoms with Gasteiger partial charge < -0.3 is 14.5 Å². The zero-order chi connectivity index (χ0) is 21.8. The smallest absolute Gasteiger partial charge is 0.260 e. The van der Waals surface area contributed by atoms with Crippen molar-refractivity contribution >= 4 is 39.8 Å². The molecule has 4 rings (SSSR count). The van der Waals surface area contributed by atoms with E-state index in [9.17, 15) is 9.59 Å². The maximum atomic E-state index is 12.5. The molecule has 0 radical (unpaired) electrons. The van der Waals surface area contributed by atoms with Crippen LogP contribution in [-0.4, -0.2) is 54.4 Å². The second-order valence-electron chi connectivity index (χ2n) is 7.29. The Labute approximate surface area is 190 Å². The Bertz CT molecular complexity index is 1060. The minimum atomic E-state index is -0.0902. The first-order valence-electron chi connectivity index (χ1n) is 9.97. The van der Waals surface area contributed by atoms with Gasteiger partial charge in [0.1, 0.15) is 5.75 Å². The lowest BCUT2D eigenvalue weighted by molar-refractivity contribution is -0.133. The van der Waals surface area contributed by atoms with Crippen molar-refractivity contribution in [3.05, 3.63) is 75.8 Å². The Balaban J connectivity index is 1.27. The number of aromatic nitrogens is 1. The van der Waals surface area contributed by atoms with Gasteiger partial charge in [-0.2, -0.15) is 0 Å². The van der Waals surface area contributed by atoms with Crippen LogP contribution in [0.3, 0.4) is 0 Å². The van der Waals surface area contributed by atoms with Gasteiger partial charge in [-0.25, -0.2) is 4.98 Å². The molecule has 2 aromatic carbocycles. The standard InChI is InChI=1S/C23H22ClN3O3S/c1-16-15-31-23(25-16)27-12-10-26(11-13-27)21(28)14-30-20-8-4-18(5-9-20)22(29)17-2-6-19(24)7-3-17/h2-9,15H,10-14H2,1H3. The van der Waals surface area contributed by atoms with Crippen LogP contribution in [0, 0.1) is 6.92 Å². The molecule has 1 aromatic heterocycles. The summed E-state index contributed by atoms with van der Waals surface area (Å²) in [4.78, 5) is 33.6. The van der Waals surface area contributed by atoms with Gasteiger partial charge in [0.15, 0.2) is 17.5 Å². The lowest BCUT2D eigenvalue weighted by atomic mass is 10.0. The highest BCUT2D eigenvalue weighted by Crippen LogP contribution is 2.22. The lowest BCUT2D eigenvalue weighted by Gasteiger charge is -2.34. The first-order chi connectivity index (χ1) is 15.0. The molecule has 6 nitrogen and oxygen atoms in total. The fourth-order valence-corrected chi connectivity index (χ4v) is 4.32. The normalized spacial score (nSPS) is 13.9. The number of nitrogens with zero attached hydrogens (tertiary/aromatic N) is 3. The van der Waals surface area contributed by atoms with E-state index < -0.39 is 0 Å². The van der Waals surface area contributed by atoms with Gasteiger partial charge in [0, 0.05) is 47.7 Å². The minimum Gasteiger partial charge on any atom is -0.484 e. The third kappa shape index (κ3) is 5.24. The van der Waals surface area contributed by atoms with E-state index in [0.29, 0.717) is 35.0 Å². The predicted octanol–water partition coefficient (Wildman–Crippen LogP) is 4.06. The number of benzene rings is 2. The summed E-state index contributed by atoms with van der Waals surface area (Å²) in [6, 6.07) is 13.6. The first kappa shape index (κ1) is 21.3. The molecule has 2 heterocycles. The van der Waals surface area contributed by atoms with Crippen LogP contribution < -0.4 is 9.64 Å². The van der Waals surface area contributed by atoms with Gasteiger partial charge in [-0.1, -0.05) is 11.6 Å². The fraction of sp³-hybridized carbons (Fsp3) is 0.261. The summed E-state index contributed by atoms with van der Waals surface area (Å²) >= 11 is 7.50. The van der Waals surface area contributed by atoms with E-state index in [2.05, 4.69) is 9.88 Å². The summed E-state index contributed by atoms with van der Waals surface area (Å²) < 4.78 is 5.65.